The summed E-state index contributed by atoms with van der Waals surface area (Å²) in [6, 6.07) is 4.33. The minimum atomic E-state index is -1.09. The van der Waals surface area contributed by atoms with Crippen LogP contribution < -0.4 is 21.9 Å². The highest BCUT2D eigenvalue weighted by molar-refractivity contribution is 5.79. The molecule has 0 radical (unpaired) electrons. The zero-order chi connectivity index (χ0) is 16.7. The number of carboxylic acids is 1. The van der Waals surface area contributed by atoms with Crippen molar-refractivity contribution in [3.63, 3.8) is 0 Å². The summed E-state index contributed by atoms with van der Waals surface area (Å²) in [6.07, 6.45) is 0.281. The highest BCUT2D eigenvalue weighted by atomic mass is 16.5. The summed E-state index contributed by atoms with van der Waals surface area (Å²) >= 11 is 0. The molecule has 8 heteroatoms. The van der Waals surface area contributed by atoms with Gasteiger partial charge in [0.1, 0.15) is 17.8 Å². The summed E-state index contributed by atoms with van der Waals surface area (Å²) in [7, 11) is 0. The highest BCUT2D eigenvalue weighted by Gasteiger charge is 2.17. The van der Waals surface area contributed by atoms with Crippen LogP contribution in [0.5, 0.6) is 5.75 Å². The van der Waals surface area contributed by atoms with Crippen LogP contribution in [0.1, 0.15) is 18.4 Å². The number of rotatable bonds is 8. The average molecular weight is 309 g/mol. The van der Waals surface area contributed by atoms with Gasteiger partial charge in [-0.15, -0.1) is 0 Å². The van der Waals surface area contributed by atoms with Gasteiger partial charge >= 0.3 is 11.9 Å². The van der Waals surface area contributed by atoms with Crippen molar-refractivity contribution in [2.75, 3.05) is 0 Å². The third kappa shape index (κ3) is 5.90. The molecule has 0 bridgehead atoms. The zero-order valence-electron chi connectivity index (χ0n) is 11.9. The number of hydrogen-bond acceptors (Lipinski definition) is 6. The fraction of sp³-hybridized carbons (Fsp3) is 0.357. The van der Waals surface area contributed by atoms with Crippen molar-refractivity contribution in [2.45, 2.75) is 31.3 Å². The van der Waals surface area contributed by atoms with E-state index in [1.165, 1.54) is 12.1 Å². The third-order valence-electron chi connectivity index (χ3n) is 2.92. The largest absolute Gasteiger partial charge is 0.480 e. The van der Waals surface area contributed by atoms with Crippen LogP contribution in [-0.2, 0) is 20.8 Å². The van der Waals surface area contributed by atoms with E-state index in [0.717, 1.165) is 0 Å². The first-order chi connectivity index (χ1) is 10.3. The van der Waals surface area contributed by atoms with Crippen molar-refractivity contribution in [1.82, 2.24) is 0 Å². The van der Waals surface area contributed by atoms with E-state index >= 15 is 0 Å². The standard InChI is InChI=1S/C14H19N3O5/c15-10(5-6-12(17)18)14(21)22-9-3-1-8(2-4-9)7-11(16)13(19)20/h1-4,10-11H,5-7,15-16H2,(H2,17,18)(H,19,20)/t10-,11-/m1/s1. The lowest BCUT2D eigenvalue weighted by atomic mass is 10.1. The Labute approximate surface area is 127 Å². The Balaban J connectivity index is 2.54. The van der Waals surface area contributed by atoms with Crippen molar-refractivity contribution in [1.29, 1.82) is 0 Å². The summed E-state index contributed by atoms with van der Waals surface area (Å²) in [5.41, 5.74) is 16.7. The maximum Gasteiger partial charge on any atom is 0.328 e. The molecule has 120 valence electrons. The number of hydrogen-bond donors (Lipinski definition) is 4. The van der Waals surface area contributed by atoms with E-state index in [-0.39, 0.29) is 25.0 Å². The average Bonchev–Trinajstić information content (AvgIpc) is 2.46. The molecule has 22 heavy (non-hydrogen) atoms. The van der Waals surface area contributed by atoms with Crippen LogP contribution in [0.15, 0.2) is 24.3 Å². The minimum absolute atomic E-state index is 0.00226. The van der Waals surface area contributed by atoms with Gasteiger partial charge in [0.2, 0.25) is 5.91 Å². The number of carbonyl (C=O) groups excluding carboxylic acids is 2. The molecule has 8 nitrogen and oxygen atoms in total. The fourth-order valence-electron chi connectivity index (χ4n) is 1.64. The van der Waals surface area contributed by atoms with Crippen LogP contribution >= 0.6 is 0 Å². The van der Waals surface area contributed by atoms with Crippen LogP contribution in [0, 0.1) is 0 Å². The van der Waals surface area contributed by atoms with Crippen LogP contribution in [0.3, 0.4) is 0 Å². The van der Waals surface area contributed by atoms with Crippen LogP contribution in [0.4, 0.5) is 0 Å². The van der Waals surface area contributed by atoms with Gasteiger partial charge in [-0.1, -0.05) is 12.1 Å². The number of primary amides is 1. The first kappa shape index (κ1) is 17.6. The number of esters is 1. The number of amides is 1. The molecule has 0 unspecified atom stereocenters. The van der Waals surface area contributed by atoms with Crippen LogP contribution in [0.25, 0.3) is 0 Å². The highest BCUT2D eigenvalue weighted by Crippen LogP contribution is 2.14. The van der Waals surface area contributed by atoms with Gasteiger partial charge in [0.15, 0.2) is 0 Å². The quantitative estimate of drug-likeness (QED) is 0.359. The van der Waals surface area contributed by atoms with E-state index in [4.69, 9.17) is 27.0 Å². The van der Waals surface area contributed by atoms with Crippen molar-refractivity contribution < 1.29 is 24.2 Å². The van der Waals surface area contributed by atoms with Gasteiger partial charge in [0.25, 0.3) is 0 Å². The fourth-order valence-corrected chi connectivity index (χ4v) is 1.64. The lowest BCUT2D eigenvalue weighted by molar-refractivity contribution is -0.138. The molecule has 0 spiro atoms. The van der Waals surface area contributed by atoms with E-state index in [2.05, 4.69) is 0 Å². The third-order valence-corrected chi connectivity index (χ3v) is 2.92. The number of ether oxygens (including phenoxy) is 1. The Bertz CT molecular complexity index is 544. The van der Waals surface area contributed by atoms with E-state index in [1.54, 1.807) is 12.1 Å². The monoisotopic (exact) mass is 309 g/mol. The molecule has 1 amide bonds. The molecule has 7 N–H and O–H groups in total. The molecular weight excluding hydrogens is 290 g/mol. The van der Waals surface area contributed by atoms with Gasteiger partial charge < -0.3 is 27.0 Å². The summed E-state index contributed by atoms with van der Waals surface area (Å²) in [5.74, 6) is -2.03. The molecule has 1 rings (SSSR count). The summed E-state index contributed by atoms with van der Waals surface area (Å²) in [4.78, 5) is 33.0. The molecule has 0 aromatic heterocycles. The Hall–Kier alpha value is -2.45. The number of nitrogens with two attached hydrogens (primary N) is 3. The molecule has 0 saturated carbocycles. The Morgan fingerprint density at radius 3 is 2.18 bits per heavy atom. The molecule has 0 saturated heterocycles. The molecule has 0 aliphatic carbocycles. The molecule has 1 aromatic carbocycles. The van der Waals surface area contributed by atoms with E-state index < -0.39 is 29.9 Å². The van der Waals surface area contributed by atoms with Gasteiger partial charge in [0.05, 0.1) is 0 Å². The number of aliphatic carboxylic acids is 1. The molecule has 1 aromatic rings. The number of carbonyl (C=O) groups is 3. The topological polar surface area (TPSA) is 159 Å². The lowest BCUT2D eigenvalue weighted by Gasteiger charge is -2.11. The smallest absolute Gasteiger partial charge is 0.328 e. The Morgan fingerprint density at radius 1 is 1.09 bits per heavy atom. The first-order valence-corrected chi connectivity index (χ1v) is 6.62. The number of carboxylic acid groups (broad SMARTS) is 1. The lowest BCUT2D eigenvalue weighted by Crippen LogP contribution is -2.35. The van der Waals surface area contributed by atoms with E-state index in [9.17, 15) is 14.4 Å². The van der Waals surface area contributed by atoms with Gasteiger partial charge in [-0.3, -0.25) is 9.59 Å². The van der Waals surface area contributed by atoms with E-state index in [1.807, 2.05) is 0 Å². The van der Waals surface area contributed by atoms with Gasteiger partial charge in [-0.05, 0) is 30.5 Å². The molecule has 2 atom stereocenters. The zero-order valence-corrected chi connectivity index (χ0v) is 11.9. The molecule has 0 aliphatic heterocycles. The second-order valence-corrected chi connectivity index (χ2v) is 4.83. The van der Waals surface area contributed by atoms with Crippen molar-refractivity contribution in [3.8, 4) is 5.75 Å². The molecule has 0 heterocycles. The first-order valence-electron chi connectivity index (χ1n) is 6.62. The Kier molecular flexibility index (Phi) is 6.48. The van der Waals surface area contributed by atoms with Crippen molar-refractivity contribution >= 4 is 17.8 Å². The van der Waals surface area contributed by atoms with Crippen LogP contribution in [0.2, 0.25) is 0 Å². The second-order valence-electron chi connectivity index (χ2n) is 4.83. The van der Waals surface area contributed by atoms with Crippen molar-refractivity contribution in [3.05, 3.63) is 29.8 Å². The summed E-state index contributed by atoms with van der Waals surface area (Å²) in [5, 5.41) is 8.73. The normalized spacial score (nSPS) is 13.2. The summed E-state index contributed by atoms with van der Waals surface area (Å²) in [6.45, 7) is 0. The minimum Gasteiger partial charge on any atom is -0.480 e. The molecule has 0 aliphatic rings. The van der Waals surface area contributed by atoms with Gasteiger partial charge in [-0.2, -0.15) is 0 Å². The second kappa shape index (κ2) is 8.11. The Morgan fingerprint density at radius 2 is 1.68 bits per heavy atom. The molecular formula is C14H19N3O5. The maximum atomic E-state index is 11.7. The predicted molar refractivity (Wildman–Crippen MR) is 77.8 cm³/mol. The predicted octanol–water partition coefficient (Wildman–Crippen LogP) is -0.861. The number of benzene rings is 1. The maximum absolute atomic E-state index is 11.7. The van der Waals surface area contributed by atoms with E-state index in [0.29, 0.717) is 5.56 Å². The SMILES string of the molecule is NC(=O)CC[C@@H](N)C(=O)Oc1ccc(C[C@@H](N)C(=O)O)cc1. The van der Waals surface area contributed by atoms with Crippen molar-refractivity contribution in [2.24, 2.45) is 17.2 Å². The van der Waals surface area contributed by atoms with Gasteiger partial charge in [0, 0.05) is 6.42 Å². The van der Waals surface area contributed by atoms with Gasteiger partial charge in [-0.25, -0.2) is 4.79 Å². The molecule has 0 fully saturated rings. The summed E-state index contributed by atoms with van der Waals surface area (Å²) < 4.78 is 5.05. The van der Waals surface area contributed by atoms with Crippen LogP contribution in [-0.4, -0.2) is 35.0 Å².